The number of hydrogen-bond acceptors (Lipinski definition) is 9. The van der Waals surface area contributed by atoms with Crippen molar-refractivity contribution in [3.63, 3.8) is 0 Å². The van der Waals surface area contributed by atoms with Crippen LogP contribution in [0, 0.1) is 23.5 Å². The number of carbonyl (C=O) groups is 3. The van der Waals surface area contributed by atoms with Gasteiger partial charge in [-0.3, -0.25) is 9.59 Å². The van der Waals surface area contributed by atoms with Gasteiger partial charge in [0.1, 0.15) is 24.1 Å². The topological polar surface area (TPSA) is 122 Å². The van der Waals surface area contributed by atoms with Gasteiger partial charge in [-0.15, -0.1) is 0 Å². The maximum absolute atomic E-state index is 14.4. The standard InChI is InChI=1S/C30H40F2N2O8/c1-8-20(9-2)27(42-25-15-21(31)10-11-22(25)32)18(5)41-30(37)23(14-17(3)4)34-29(36)26-28(40-16-39-19(6)35)24(38-7)12-13-33-26/h10-13,15,17-18,20,23,27H,8-9,14,16H2,1-7H3,(H,34,36)/t18-,23-,27+/m0/s1. The van der Waals surface area contributed by atoms with Gasteiger partial charge in [-0.2, -0.15) is 0 Å². The van der Waals surface area contributed by atoms with Gasteiger partial charge in [-0.1, -0.05) is 27.7 Å². The molecule has 0 aliphatic heterocycles. The number of ether oxygens (including phenoxy) is 5. The Morgan fingerprint density at radius 2 is 1.71 bits per heavy atom. The monoisotopic (exact) mass is 594 g/mol. The zero-order valence-corrected chi connectivity index (χ0v) is 25.1. The Balaban J connectivity index is 2.29. The molecule has 2 rings (SSSR count). The molecule has 3 atom stereocenters. The molecule has 2 aromatic rings. The van der Waals surface area contributed by atoms with Crippen LogP contribution in [0.1, 0.15) is 71.3 Å². The Morgan fingerprint density at radius 1 is 1.02 bits per heavy atom. The molecule has 1 amide bonds. The van der Waals surface area contributed by atoms with Crippen molar-refractivity contribution in [1.29, 1.82) is 0 Å². The van der Waals surface area contributed by atoms with Gasteiger partial charge >= 0.3 is 11.9 Å². The third kappa shape index (κ3) is 9.85. The minimum Gasteiger partial charge on any atom is -0.493 e. The smallest absolute Gasteiger partial charge is 0.329 e. The maximum Gasteiger partial charge on any atom is 0.329 e. The van der Waals surface area contributed by atoms with E-state index in [0.29, 0.717) is 12.8 Å². The van der Waals surface area contributed by atoms with Crippen molar-refractivity contribution < 1.29 is 46.8 Å². The Kier molecular flexibility index (Phi) is 13.4. The average Bonchev–Trinajstić information content (AvgIpc) is 2.93. The van der Waals surface area contributed by atoms with Crippen LogP contribution >= 0.6 is 0 Å². The summed E-state index contributed by atoms with van der Waals surface area (Å²) >= 11 is 0. The molecule has 1 N–H and O–H groups in total. The summed E-state index contributed by atoms with van der Waals surface area (Å²) in [6, 6.07) is 3.27. The highest BCUT2D eigenvalue weighted by atomic mass is 19.1. The van der Waals surface area contributed by atoms with Crippen LogP contribution in [0.5, 0.6) is 17.2 Å². The van der Waals surface area contributed by atoms with Crippen molar-refractivity contribution in [3.8, 4) is 17.2 Å². The van der Waals surface area contributed by atoms with Crippen molar-refractivity contribution in [1.82, 2.24) is 10.3 Å². The van der Waals surface area contributed by atoms with Gasteiger partial charge in [0.05, 0.1) is 7.11 Å². The fourth-order valence-electron chi connectivity index (χ4n) is 4.35. The molecule has 0 unspecified atom stereocenters. The number of halogens is 2. The van der Waals surface area contributed by atoms with E-state index in [1.807, 2.05) is 27.7 Å². The molecule has 0 fully saturated rings. The minimum absolute atomic E-state index is 0.0245. The molecule has 0 saturated heterocycles. The number of pyridine rings is 1. The van der Waals surface area contributed by atoms with E-state index in [1.165, 1.54) is 26.3 Å². The van der Waals surface area contributed by atoms with E-state index in [-0.39, 0.29) is 41.2 Å². The molecule has 1 aromatic heterocycles. The predicted octanol–water partition coefficient (Wildman–Crippen LogP) is 5.23. The second-order valence-electron chi connectivity index (χ2n) is 10.1. The molecular weight excluding hydrogens is 554 g/mol. The normalized spacial score (nSPS) is 13.2. The average molecular weight is 595 g/mol. The molecule has 0 aliphatic rings. The summed E-state index contributed by atoms with van der Waals surface area (Å²) in [5.74, 6) is -3.87. The van der Waals surface area contributed by atoms with Gasteiger partial charge in [0.25, 0.3) is 5.91 Å². The molecule has 42 heavy (non-hydrogen) atoms. The lowest BCUT2D eigenvalue weighted by molar-refractivity contribution is -0.157. The summed E-state index contributed by atoms with van der Waals surface area (Å²) in [5.41, 5.74) is -0.198. The molecule has 232 valence electrons. The SMILES string of the molecule is CCC(CC)[C@H](Oc1cc(F)ccc1F)[C@H](C)OC(=O)[C@H](CC(C)C)NC(=O)c1nccc(OC)c1OCOC(C)=O. The van der Waals surface area contributed by atoms with Gasteiger partial charge < -0.3 is 29.0 Å². The molecule has 0 bridgehead atoms. The van der Waals surface area contributed by atoms with Crippen LogP contribution in [0.2, 0.25) is 0 Å². The molecule has 12 heteroatoms. The Morgan fingerprint density at radius 3 is 2.31 bits per heavy atom. The number of amides is 1. The first-order chi connectivity index (χ1) is 19.9. The second kappa shape index (κ2) is 16.5. The van der Waals surface area contributed by atoms with Crippen molar-refractivity contribution in [2.45, 2.75) is 79.1 Å². The van der Waals surface area contributed by atoms with Crippen LogP contribution < -0.4 is 19.5 Å². The van der Waals surface area contributed by atoms with E-state index in [4.69, 9.17) is 23.7 Å². The van der Waals surface area contributed by atoms with E-state index in [1.54, 1.807) is 6.92 Å². The van der Waals surface area contributed by atoms with Gasteiger partial charge in [0.15, 0.2) is 28.8 Å². The fourth-order valence-corrected chi connectivity index (χ4v) is 4.35. The van der Waals surface area contributed by atoms with Crippen LogP contribution in [0.3, 0.4) is 0 Å². The molecule has 1 heterocycles. The second-order valence-corrected chi connectivity index (χ2v) is 10.1. The van der Waals surface area contributed by atoms with Gasteiger partial charge in [-0.25, -0.2) is 18.6 Å². The molecular formula is C30H40F2N2O8. The maximum atomic E-state index is 14.4. The lowest BCUT2D eigenvalue weighted by Gasteiger charge is -2.32. The van der Waals surface area contributed by atoms with Crippen LogP contribution in [-0.4, -0.2) is 55.0 Å². The number of nitrogens with one attached hydrogen (secondary N) is 1. The minimum atomic E-state index is -1.09. The highest BCUT2D eigenvalue weighted by Gasteiger charge is 2.34. The quantitative estimate of drug-likeness (QED) is 0.206. The van der Waals surface area contributed by atoms with E-state index in [2.05, 4.69) is 10.3 Å². The zero-order chi connectivity index (χ0) is 31.4. The summed E-state index contributed by atoms with van der Waals surface area (Å²) in [5, 5.41) is 2.65. The van der Waals surface area contributed by atoms with Gasteiger partial charge in [-0.05, 0) is 50.2 Å². The van der Waals surface area contributed by atoms with Crippen LogP contribution in [0.4, 0.5) is 8.78 Å². The van der Waals surface area contributed by atoms with Gasteiger partial charge in [0, 0.05) is 25.3 Å². The summed E-state index contributed by atoms with van der Waals surface area (Å²) in [6.45, 7) is 9.91. The predicted molar refractivity (Wildman–Crippen MR) is 149 cm³/mol. The van der Waals surface area contributed by atoms with Crippen molar-refractivity contribution in [2.75, 3.05) is 13.9 Å². The number of rotatable bonds is 16. The first-order valence-electron chi connectivity index (χ1n) is 13.8. The first kappa shape index (κ1) is 34.2. The summed E-state index contributed by atoms with van der Waals surface area (Å²) < 4.78 is 55.4. The lowest BCUT2D eigenvalue weighted by Crippen LogP contribution is -2.47. The number of hydrogen-bond donors (Lipinski definition) is 1. The molecule has 1 aromatic carbocycles. The Bertz CT molecular complexity index is 1210. The van der Waals surface area contributed by atoms with Crippen LogP contribution in [0.25, 0.3) is 0 Å². The molecule has 0 aliphatic carbocycles. The van der Waals surface area contributed by atoms with E-state index >= 15 is 0 Å². The lowest BCUT2D eigenvalue weighted by atomic mass is 9.93. The molecule has 0 spiro atoms. The Labute approximate surface area is 245 Å². The third-order valence-corrected chi connectivity index (χ3v) is 6.50. The third-order valence-electron chi connectivity index (χ3n) is 6.50. The summed E-state index contributed by atoms with van der Waals surface area (Å²) in [7, 11) is 1.37. The van der Waals surface area contributed by atoms with Crippen molar-refractivity contribution in [3.05, 3.63) is 47.8 Å². The first-order valence-corrected chi connectivity index (χ1v) is 13.8. The highest BCUT2D eigenvalue weighted by molar-refractivity contribution is 5.98. The molecule has 10 nitrogen and oxygen atoms in total. The summed E-state index contributed by atoms with van der Waals surface area (Å²) in [4.78, 5) is 42.0. The fraction of sp³-hybridized carbons (Fsp3) is 0.533. The van der Waals surface area contributed by atoms with E-state index < -0.39 is 54.5 Å². The van der Waals surface area contributed by atoms with E-state index in [0.717, 1.165) is 18.2 Å². The van der Waals surface area contributed by atoms with Gasteiger partial charge in [0.2, 0.25) is 6.79 Å². The highest BCUT2D eigenvalue weighted by Crippen LogP contribution is 2.30. The number of nitrogens with zero attached hydrogens (tertiary/aromatic N) is 1. The molecule has 0 saturated carbocycles. The zero-order valence-electron chi connectivity index (χ0n) is 25.1. The number of benzene rings is 1. The van der Waals surface area contributed by atoms with Crippen LogP contribution in [0.15, 0.2) is 30.5 Å². The summed E-state index contributed by atoms with van der Waals surface area (Å²) in [6.07, 6.45) is 1.13. The van der Waals surface area contributed by atoms with Crippen molar-refractivity contribution >= 4 is 17.8 Å². The number of methoxy groups -OCH3 is 1. The number of aromatic nitrogens is 1. The van der Waals surface area contributed by atoms with E-state index in [9.17, 15) is 23.2 Å². The number of carbonyl (C=O) groups excluding carboxylic acids is 3. The van der Waals surface area contributed by atoms with Crippen LogP contribution in [-0.2, 0) is 19.1 Å². The largest absolute Gasteiger partial charge is 0.493 e. The Hall–Kier alpha value is -3.96. The molecule has 0 radical (unpaired) electrons. The number of esters is 2. The van der Waals surface area contributed by atoms with Crippen molar-refractivity contribution in [2.24, 2.45) is 11.8 Å².